The fourth-order valence-electron chi connectivity index (χ4n) is 3.25. The van der Waals surface area contributed by atoms with Gasteiger partial charge in [-0.3, -0.25) is 4.90 Å². The number of fused-ring (bicyclic) bond motifs is 2. The minimum atomic E-state index is 0.307. The Hall–Kier alpha value is -2.12. The van der Waals surface area contributed by atoms with Gasteiger partial charge in [-0.05, 0) is 17.7 Å². The average Bonchev–Trinajstić information content (AvgIpc) is 3.13. The number of nitrogens with zero attached hydrogens (tertiary/aromatic N) is 4. The number of aromatic nitrogens is 3. The molecular weight excluding hydrogens is 296 g/mol. The molecule has 2 aliphatic heterocycles. The quantitative estimate of drug-likeness (QED) is 0.847. The van der Waals surface area contributed by atoms with E-state index in [9.17, 15) is 0 Å². The van der Waals surface area contributed by atoms with Gasteiger partial charge in [0.05, 0.1) is 13.2 Å². The van der Waals surface area contributed by atoms with Crippen LogP contribution in [0.25, 0.3) is 0 Å². The Labute approximate surface area is 134 Å². The van der Waals surface area contributed by atoms with Crippen LogP contribution >= 0.6 is 0 Å². The van der Waals surface area contributed by atoms with E-state index in [-0.39, 0.29) is 0 Å². The SMILES string of the molecule is COCC1CN(Cc2ccc3c(c2)OCO3)Cc2ncnn2C1. The van der Waals surface area contributed by atoms with Gasteiger partial charge in [-0.1, -0.05) is 6.07 Å². The predicted octanol–water partition coefficient (Wildman–Crippen LogP) is 1.29. The lowest BCUT2D eigenvalue weighted by Gasteiger charge is -2.23. The molecule has 7 heteroatoms. The van der Waals surface area contributed by atoms with Crippen molar-refractivity contribution in [3.63, 3.8) is 0 Å². The van der Waals surface area contributed by atoms with Gasteiger partial charge >= 0.3 is 0 Å². The number of rotatable bonds is 4. The highest BCUT2D eigenvalue weighted by molar-refractivity contribution is 5.44. The predicted molar refractivity (Wildman–Crippen MR) is 82.1 cm³/mol. The number of methoxy groups -OCH3 is 1. The topological polar surface area (TPSA) is 61.6 Å². The van der Waals surface area contributed by atoms with Gasteiger partial charge in [-0.25, -0.2) is 9.67 Å². The molecule has 7 nitrogen and oxygen atoms in total. The first-order chi connectivity index (χ1) is 11.3. The molecule has 0 aliphatic carbocycles. The summed E-state index contributed by atoms with van der Waals surface area (Å²) in [5.74, 6) is 3.05. The number of ether oxygens (including phenoxy) is 3. The molecule has 3 heterocycles. The maximum Gasteiger partial charge on any atom is 0.231 e. The first-order valence-corrected chi connectivity index (χ1v) is 7.78. The fraction of sp³-hybridized carbons (Fsp3) is 0.500. The van der Waals surface area contributed by atoms with Crippen molar-refractivity contribution in [2.24, 2.45) is 5.92 Å². The first-order valence-electron chi connectivity index (χ1n) is 7.78. The summed E-state index contributed by atoms with van der Waals surface area (Å²) < 4.78 is 18.2. The summed E-state index contributed by atoms with van der Waals surface area (Å²) in [5.41, 5.74) is 1.21. The first kappa shape index (κ1) is 14.5. The Kier molecular flexibility index (Phi) is 3.88. The molecule has 23 heavy (non-hydrogen) atoms. The molecule has 1 aromatic carbocycles. The Morgan fingerprint density at radius 2 is 2.17 bits per heavy atom. The largest absolute Gasteiger partial charge is 0.454 e. The number of hydrogen-bond donors (Lipinski definition) is 0. The van der Waals surface area contributed by atoms with E-state index in [0.29, 0.717) is 12.7 Å². The fourth-order valence-corrected chi connectivity index (χ4v) is 3.25. The van der Waals surface area contributed by atoms with Crippen molar-refractivity contribution in [2.75, 3.05) is 27.1 Å². The highest BCUT2D eigenvalue weighted by Gasteiger charge is 2.24. The molecule has 4 rings (SSSR count). The molecule has 1 unspecified atom stereocenters. The molecule has 1 aromatic heterocycles. The Balaban J connectivity index is 1.53. The third-order valence-corrected chi connectivity index (χ3v) is 4.25. The minimum absolute atomic E-state index is 0.307. The standard InChI is InChI=1S/C16H20N4O3/c1-21-9-13-6-19(8-16-17-10-18-20(16)7-13)5-12-2-3-14-15(4-12)23-11-22-14/h2-4,10,13H,5-9,11H2,1H3. The molecule has 0 saturated carbocycles. The molecule has 2 aromatic rings. The van der Waals surface area contributed by atoms with Crippen LogP contribution in [0.2, 0.25) is 0 Å². The summed E-state index contributed by atoms with van der Waals surface area (Å²) in [6.45, 7) is 4.45. The van der Waals surface area contributed by atoms with Crippen LogP contribution < -0.4 is 9.47 Å². The van der Waals surface area contributed by atoms with Crippen LogP contribution in [0.4, 0.5) is 0 Å². The van der Waals surface area contributed by atoms with Crippen LogP contribution in [-0.4, -0.2) is 46.7 Å². The van der Waals surface area contributed by atoms with Crippen molar-refractivity contribution in [3.05, 3.63) is 35.9 Å². The van der Waals surface area contributed by atoms with E-state index in [1.165, 1.54) is 5.56 Å². The second-order valence-corrected chi connectivity index (χ2v) is 6.04. The molecule has 0 radical (unpaired) electrons. The highest BCUT2D eigenvalue weighted by Crippen LogP contribution is 2.33. The van der Waals surface area contributed by atoms with Crippen LogP contribution in [0.3, 0.4) is 0 Å². The third kappa shape index (κ3) is 3.02. The van der Waals surface area contributed by atoms with Gasteiger partial charge in [0.15, 0.2) is 11.5 Å². The molecule has 0 amide bonds. The molecule has 2 aliphatic rings. The van der Waals surface area contributed by atoms with Crippen LogP contribution in [0.15, 0.2) is 24.5 Å². The van der Waals surface area contributed by atoms with Crippen molar-refractivity contribution in [1.29, 1.82) is 0 Å². The van der Waals surface area contributed by atoms with Crippen molar-refractivity contribution in [2.45, 2.75) is 19.6 Å². The maximum absolute atomic E-state index is 5.47. The number of hydrogen-bond acceptors (Lipinski definition) is 6. The van der Waals surface area contributed by atoms with E-state index in [1.807, 2.05) is 10.7 Å². The molecule has 0 N–H and O–H groups in total. The molecular formula is C16H20N4O3. The average molecular weight is 316 g/mol. The van der Waals surface area contributed by atoms with Crippen molar-refractivity contribution in [1.82, 2.24) is 19.7 Å². The van der Waals surface area contributed by atoms with Crippen molar-refractivity contribution < 1.29 is 14.2 Å². The normalized spacial score (nSPS) is 20.3. The lowest BCUT2D eigenvalue weighted by Crippen LogP contribution is -2.29. The molecule has 0 saturated heterocycles. The Morgan fingerprint density at radius 1 is 1.26 bits per heavy atom. The zero-order valence-corrected chi connectivity index (χ0v) is 13.1. The smallest absolute Gasteiger partial charge is 0.231 e. The van der Waals surface area contributed by atoms with Gasteiger partial charge < -0.3 is 14.2 Å². The lowest BCUT2D eigenvalue weighted by atomic mass is 10.1. The molecule has 122 valence electrons. The molecule has 0 bridgehead atoms. The van der Waals surface area contributed by atoms with E-state index in [2.05, 4.69) is 27.1 Å². The Morgan fingerprint density at radius 3 is 3.09 bits per heavy atom. The van der Waals surface area contributed by atoms with Crippen LogP contribution in [0.1, 0.15) is 11.4 Å². The van der Waals surface area contributed by atoms with Gasteiger partial charge in [0.1, 0.15) is 12.2 Å². The van der Waals surface area contributed by atoms with E-state index in [1.54, 1.807) is 13.4 Å². The van der Waals surface area contributed by atoms with Gasteiger partial charge in [-0.15, -0.1) is 0 Å². The van der Waals surface area contributed by atoms with Crippen molar-refractivity contribution in [3.8, 4) is 11.5 Å². The van der Waals surface area contributed by atoms with E-state index in [0.717, 1.165) is 50.1 Å². The van der Waals surface area contributed by atoms with Crippen LogP contribution in [0, 0.1) is 5.92 Å². The second kappa shape index (κ2) is 6.17. The lowest BCUT2D eigenvalue weighted by molar-refractivity contribution is 0.114. The Bertz CT molecular complexity index is 688. The molecule has 0 fully saturated rings. The summed E-state index contributed by atoms with van der Waals surface area (Å²) >= 11 is 0. The summed E-state index contributed by atoms with van der Waals surface area (Å²) in [5, 5.41) is 4.32. The molecule has 1 atom stereocenters. The summed E-state index contributed by atoms with van der Waals surface area (Å²) in [6, 6.07) is 6.13. The van der Waals surface area contributed by atoms with Gasteiger partial charge in [0.25, 0.3) is 0 Å². The van der Waals surface area contributed by atoms with Gasteiger partial charge in [0, 0.05) is 32.7 Å². The van der Waals surface area contributed by atoms with Gasteiger partial charge in [-0.2, -0.15) is 5.10 Å². The number of benzene rings is 1. The zero-order chi connectivity index (χ0) is 15.6. The van der Waals surface area contributed by atoms with Crippen LogP contribution in [-0.2, 0) is 24.4 Å². The molecule has 0 spiro atoms. The van der Waals surface area contributed by atoms with Crippen molar-refractivity contribution >= 4 is 0 Å². The minimum Gasteiger partial charge on any atom is -0.454 e. The monoisotopic (exact) mass is 316 g/mol. The highest BCUT2D eigenvalue weighted by atomic mass is 16.7. The third-order valence-electron chi connectivity index (χ3n) is 4.25. The van der Waals surface area contributed by atoms with E-state index in [4.69, 9.17) is 14.2 Å². The second-order valence-electron chi connectivity index (χ2n) is 6.04. The van der Waals surface area contributed by atoms with Crippen LogP contribution in [0.5, 0.6) is 11.5 Å². The van der Waals surface area contributed by atoms with Gasteiger partial charge in [0.2, 0.25) is 6.79 Å². The zero-order valence-electron chi connectivity index (χ0n) is 13.1. The summed E-state index contributed by atoms with van der Waals surface area (Å²) in [7, 11) is 1.75. The van der Waals surface area contributed by atoms with E-state index >= 15 is 0 Å². The summed E-state index contributed by atoms with van der Waals surface area (Å²) in [6.07, 6.45) is 1.63. The van der Waals surface area contributed by atoms with E-state index < -0.39 is 0 Å². The summed E-state index contributed by atoms with van der Waals surface area (Å²) in [4.78, 5) is 6.77. The maximum atomic E-state index is 5.47.